The summed E-state index contributed by atoms with van der Waals surface area (Å²) in [6, 6.07) is 0.840. The third kappa shape index (κ3) is 4.72. The highest BCUT2D eigenvalue weighted by atomic mass is 127. The minimum absolute atomic E-state index is 0.299. The standard InChI is InChI=1S/C10H7F5INO3/c1-19-6(18)3-4-2-5(8(11)12)7(16)9(17-4)20-10(13,14)15/h2,8H,3H2,1H3. The van der Waals surface area contributed by atoms with Crippen molar-refractivity contribution in [2.24, 2.45) is 0 Å². The van der Waals surface area contributed by atoms with Crippen molar-refractivity contribution in [2.75, 3.05) is 7.11 Å². The molecule has 0 amide bonds. The van der Waals surface area contributed by atoms with Crippen LogP contribution in [0.15, 0.2) is 6.07 Å². The van der Waals surface area contributed by atoms with Gasteiger partial charge in [-0.25, -0.2) is 13.8 Å². The number of carbonyl (C=O) groups excluding carboxylic acids is 1. The Morgan fingerprint density at radius 3 is 2.50 bits per heavy atom. The first-order valence-corrected chi connectivity index (χ1v) is 6.02. The van der Waals surface area contributed by atoms with E-state index in [1.165, 1.54) is 22.6 Å². The molecule has 0 spiro atoms. The summed E-state index contributed by atoms with van der Waals surface area (Å²) < 4.78 is 69.4. The average molecular weight is 411 g/mol. The second kappa shape index (κ2) is 6.50. The fraction of sp³-hybridized carbons (Fsp3) is 0.400. The molecule has 0 saturated carbocycles. The van der Waals surface area contributed by atoms with E-state index in [2.05, 4.69) is 14.5 Å². The highest BCUT2D eigenvalue weighted by Gasteiger charge is 2.34. The van der Waals surface area contributed by atoms with E-state index in [4.69, 9.17) is 0 Å². The second-order valence-corrected chi connectivity index (χ2v) is 4.50. The molecule has 0 aliphatic carbocycles. The number of hydrogen-bond acceptors (Lipinski definition) is 4. The van der Waals surface area contributed by atoms with Crippen LogP contribution in [0, 0.1) is 3.57 Å². The van der Waals surface area contributed by atoms with Crippen LogP contribution in [0.4, 0.5) is 22.0 Å². The van der Waals surface area contributed by atoms with Crippen molar-refractivity contribution in [1.29, 1.82) is 0 Å². The molecule has 0 aliphatic rings. The zero-order chi connectivity index (χ0) is 15.5. The van der Waals surface area contributed by atoms with Gasteiger partial charge in [0.1, 0.15) is 0 Å². The Hall–Kier alpha value is -1.20. The number of nitrogens with zero attached hydrogens (tertiary/aromatic N) is 1. The van der Waals surface area contributed by atoms with Gasteiger partial charge < -0.3 is 9.47 Å². The summed E-state index contributed by atoms with van der Waals surface area (Å²) in [5.74, 6) is -1.84. The quantitative estimate of drug-likeness (QED) is 0.434. The van der Waals surface area contributed by atoms with Crippen molar-refractivity contribution in [2.45, 2.75) is 19.2 Å². The molecule has 0 atom stereocenters. The van der Waals surface area contributed by atoms with E-state index in [-0.39, 0.29) is 5.69 Å². The zero-order valence-electron chi connectivity index (χ0n) is 9.80. The van der Waals surface area contributed by atoms with Gasteiger partial charge in [0.05, 0.1) is 22.8 Å². The minimum Gasteiger partial charge on any atom is -0.469 e. The number of methoxy groups -OCH3 is 1. The molecular weight excluding hydrogens is 404 g/mol. The summed E-state index contributed by atoms with van der Waals surface area (Å²) in [6.45, 7) is 0. The molecule has 0 saturated heterocycles. The van der Waals surface area contributed by atoms with Gasteiger partial charge in [0.15, 0.2) is 0 Å². The molecule has 0 aliphatic heterocycles. The van der Waals surface area contributed by atoms with Gasteiger partial charge in [-0.1, -0.05) is 0 Å². The van der Waals surface area contributed by atoms with E-state index >= 15 is 0 Å². The van der Waals surface area contributed by atoms with E-state index in [0.717, 1.165) is 13.2 Å². The fourth-order valence-corrected chi connectivity index (χ4v) is 1.85. The Balaban J connectivity index is 3.24. The first kappa shape index (κ1) is 16.9. The van der Waals surface area contributed by atoms with Crippen LogP contribution in [0.3, 0.4) is 0 Å². The SMILES string of the molecule is COC(=O)Cc1cc(C(F)F)c(I)c(OC(F)(F)F)n1. The summed E-state index contributed by atoms with van der Waals surface area (Å²) in [5.41, 5.74) is -0.995. The van der Waals surface area contributed by atoms with Gasteiger partial charge in [0.2, 0.25) is 5.88 Å². The Morgan fingerprint density at radius 2 is 2.05 bits per heavy atom. The first-order valence-electron chi connectivity index (χ1n) is 4.94. The van der Waals surface area contributed by atoms with Crippen molar-refractivity contribution in [3.05, 3.63) is 20.9 Å². The van der Waals surface area contributed by atoms with E-state index < -0.39 is 40.2 Å². The molecule has 0 aromatic carbocycles. The maximum Gasteiger partial charge on any atom is 0.574 e. The van der Waals surface area contributed by atoms with Crippen molar-refractivity contribution in [3.63, 3.8) is 0 Å². The lowest BCUT2D eigenvalue weighted by Gasteiger charge is -2.13. The maximum atomic E-state index is 12.8. The van der Waals surface area contributed by atoms with Gasteiger partial charge in [-0.05, 0) is 28.7 Å². The van der Waals surface area contributed by atoms with Gasteiger partial charge in [-0.3, -0.25) is 4.79 Å². The van der Waals surface area contributed by atoms with E-state index in [1.54, 1.807) is 0 Å². The van der Waals surface area contributed by atoms with Crippen molar-refractivity contribution < 1.29 is 36.2 Å². The Kier molecular flexibility index (Phi) is 5.48. The number of rotatable bonds is 4. The molecule has 0 radical (unpaired) electrons. The van der Waals surface area contributed by atoms with Crippen LogP contribution in [0.2, 0.25) is 0 Å². The van der Waals surface area contributed by atoms with Crippen LogP contribution in [-0.4, -0.2) is 24.4 Å². The fourth-order valence-electron chi connectivity index (χ4n) is 1.22. The van der Waals surface area contributed by atoms with Crippen molar-refractivity contribution in [3.8, 4) is 5.88 Å². The number of carbonyl (C=O) groups is 1. The predicted octanol–water partition coefficient (Wildman–Crippen LogP) is 3.24. The molecule has 1 aromatic rings. The van der Waals surface area contributed by atoms with Crippen LogP contribution in [0.1, 0.15) is 17.7 Å². The van der Waals surface area contributed by atoms with Crippen LogP contribution >= 0.6 is 22.6 Å². The summed E-state index contributed by atoms with van der Waals surface area (Å²) in [6.07, 6.45) is -8.64. The van der Waals surface area contributed by atoms with Gasteiger partial charge in [0, 0.05) is 5.56 Å². The summed E-state index contributed by atoms with van der Waals surface area (Å²) in [7, 11) is 1.05. The number of aromatic nitrogens is 1. The number of alkyl halides is 5. The third-order valence-electron chi connectivity index (χ3n) is 2.01. The molecule has 0 bridgehead atoms. The minimum atomic E-state index is -5.07. The number of esters is 1. The van der Waals surface area contributed by atoms with E-state index in [1.807, 2.05) is 0 Å². The molecule has 1 rings (SSSR count). The molecule has 4 nitrogen and oxygen atoms in total. The van der Waals surface area contributed by atoms with Gasteiger partial charge in [-0.15, -0.1) is 13.2 Å². The van der Waals surface area contributed by atoms with Crippen LogP contribution in [0.25, 0.3) is 0 Å². The molecule has 20 heavy (non-hydrogen) atoms. The van der Waals surface area contributed by atoms with E-state index in [0.29, 0.717) is 0 Å². The topological polar surface area (TPSA) is 48.4 Å². The third-order valence-corrected chi connectivity index (χ3v) is 3.09. The lowest BCUT2D eigenvalue weighted by atomic mass is 10.2. The summed E-state index contributed by atoms with van der Waals surface area (Å²) >= 11 is 1.27. The zero-order valence-corrected chi connectivity index (χ0v) is 12.0. The van der Waals surface area contributed by atoms with Crippen LogP contribution in [0.5, 0.6) is 5.88 Å². The number of halogens is 6. The molecule has 0 N–H and O–H groups in total. The van der Waals surface area contributed by atoms with Crippen molar-refractivity contribution >= 4 is 28.6 Å². The number of hydrogen-bond donors (Lipinski definition) is 0. The van der Waals surface area contributed by atoms with Crippen LogP contribution < -0.4 is 4.74 Å². The lowest BCUT2D eigenvalue weighted by Crippen LogP contribution is -2.20. The molecular formula is C10H7F5INO3. The molecule has 112 valence electrons. The van der Waals surface area contributed by atoms with Gasteiger partial charge >= 0.3 is 12.3 Å². The smallest absolute Gasteiger partial charge is 0.469 e. The first-order chi connectivity index (χ1) is 9.14. The average Bonchev–Trinajstić information content (AvgIpc) is 2.30. The Morgan fingerprint density at radius 1 is 1.45 bits per heavy atom. The molecule has 1 heterocycles. The normalized spacial score (nSPS) is 11.6. The number of ether oxygens (including phenoxy) is 2. The molecule has 0 unspecified atom stereocenters. The molecule has 10 heteroatoms. The maximum absolute atomic E-state index is 12.8. The van der Waals surface area contributed by atoms with E-state index in [9.17, 15) is 26.7 Å². The number of pyridine rings is 1. The monoisotopic (exact) mass is 411 g/mol. The lowest BCUT2D eigenvalue weighted by molar-refractivity contribution is -0.276. The second-order valence-electron chi connectivity index (χ2n) is 3.42. The van der Waals surface area contributed by atoms with Crippen molar-refractivity contribution in [1.82, 2.24) is 4.98 Å². The predicted molar refractivity (Wildman–Crippen MR) is 64.3 cm³/mol. The summed E-state index contributed by atoms with van der Waals surface area (Å²) in [5, 5.41) is 0. The largest absolute Gasteiger partial charge is 0.574 e. The molecule has 0 fully saturated rings. The van der Waals surface area contributed by atoms with Crippen LogP contribution in [-0.2, 0) is 16.0 Å². The van der Waals surface area contributed by atoms with Gasteiger partial charge in [-0.2, -0.15) is 0 Å². The highest BCUT2D eigenvalue weighted by Crippen LogP contribution is 2.33. The Bertz CT molecular complexity index is 506. The summed E-state index contributed by atoms with van der Waals surface area (Å²) in [4.78, 5) is 14.4. The highest BCUT2D eigenvalue weighted by molar-refractivity contribution is 14.1. The Labute approximate surface area is 123 Å². The molecule has 1 aromatic heterocycles. The van der Waals surface area contributed by atoms with Gasteiger partial charge in [0.25, 0.3) is 6.43 Å².